The Balaban J connectivity index is 1.73. The maximum absolute atomic E-state index is 13.4. The van der Waals surface area contributed by atoms with Crippen molar-refractivity contribution in [1.82, 2.24) is 0 Å². The van der Waals surface area contributed by atoms with Gasteiger partial charge in [0.25, 0.3) is 5.91 Å². The summed E-state index contributed by atoms with van der Waals surface area (Å²) >= 11 is 0. The van der Waals surface area contributed by atoms with Gasteiger partial charge in [0.2, 0.25) is 0 Å². The molecule has 6 nitrogen and oxygen atoms in total. The molecular formula is C19H22N2O4. The standard InChI is InChI=1S/C19H22N2O4/c1-3-12-15-10-9-25-17(16(15)22)19(8-13(10)20-12)11-6-4-5-7-14(11)21(24-2)18(19)23/h4-7,10,13,15-17,22H,3,8-9H2,1-2H3/t10-,13+,15-,16+,17+,19-/m0/s1. The van der Waals surface area contributed by atoms with E-state index in [0.29, 0.717) is 13.0 Å². The summed E-state index contributed by atoms with van der Waals surface area (Å²) in [6.45, 7) is 2.63. The number of anilines is 1. The van der Waals surface area contributed by atoms with Gasteiger partial charge in [0.15, 0.2) is 0 Å². The minimum atomic E-state index is -0.928. The lowest BCUT2D eigenvalue weighted by atomic mass is 9.70. The molecule has 4 heterocycles. The van der Waals surface area contributed by atoms with Crippen LogP contribution in [0.25, 0.3) is 0 Å². The zero-order valence-electron chi connectivity index (χ0n) is 14.4. The Hall–Kier alpha value is -1.76. The molecule has 25 heavy (non-hydrogen) atoms. The molecule has 3 fully saturated rings. The van der Waals surface area contributed by atoms with Crippen molar-refractivity contribution in [2.75, 3.05) is 18.8 Å². The second-order valence-corrected chi connectivity index (χ2v) is 7.45. The molecule has 1 saturated carbocycles. The van der Waals surface area contributed by atoms with E-state index in [-0.39, 0.29) is 23.8 Å². The molecule has 1 N–H and O–H groups in total. The van der Waals surface area contributed by atoms with Gasteiger partial charge in [0.05, 0.1) is 31.5 Å². The number of hydroxylamine groups is 1. The fourth-order valence-electron chi connectivity index (χ4n) is 5.54. The van der Waals surface area contributed by atoms with Gasteiger partial charge in [-0.3, -0.25) is 14.6 Å². The largest absolute Gasteiger partial charge is 0.390 e. The number of rotatable bonds is 2. The van der Waals surface area contributed by atoms with Gasteiger partial charge in [0.1, 0.15) is 11.5 Å². The summed E-state index contributed by atoms with van der Waals surface area (Å²) < 4.78 is 6.12. The van der Waals surface area contributed by atoms with Crippen LogP contribution >= 0.6 is 0 Å². The molecular weight excluding hydrogens is 320 g/mol. The number of ether oxygens (including phenoxy) is 1. The van der Waals surface area contributed by atoms with Gasteiger partial charge in [-0.05, 0) is 24.5 Å². The zero-order valence-corrected chi connectivity index (χ0v) is 14.4. The van der Waals surface area contributed by atoms with E-state index in [2.05, 4.69) is 6.92 Å². The van der Waals surface area contributed by atoms with Crippen LogP contribution in [0.5, 0.6) is 0 Å². The number of fused-ring (bicyclic) bond motifs is 2. The Labute approximate surface area is 146 Å². The highest BCUT2D eigenvalue weighted by Crippen LogP contribution is 2.56. The van der Waals surface area contributed by atoms with Gasteiger partial charge in [-0.2, -0.15) is 5.06 Å². The van der Waals surface area contributed by atoms with Gasteiger partial charge in [-0.25, -0.2) is 0 Å². The molecule has 0 radical (unpaired) electrons. The van der Waals surface area contributed by atoms with Gasteiger partial charge >= 0.3 is 0 Å². The second-order valence-electron chi connectivity index (χ2n) is 7.45. The number of amides is 1. The third-order valence-corrected chi connectivity index (χ3v) is 6.55. The highest BCUT2D eigenvalue weighted by atomic mass is 16.7. The first kappa shape index (κ1) is 15.5. The van der Waals surface area contributed by atoms with Crippen LogP contribution in [0.3, 0.4) is 0 Å². The van der Waals surface area contributed by atoms with Crippen LogP contribution in [0.4, 0.5) is 5.69 Å². The molecule has 1 amide bonds. The molecule has 6 atom stereocenters. The number of aliphatic imine (C=N–C) groups is 1. The normalized spacial score (nSPS) is 41.2. The van der Waals surface area contributed by atoms with Crippen LogP contribution in [0.15, 0.2) is 29.3 Å². The molecule has 1 spiro atoms. The van der Waals surface area contributed by atoms with Gasteiger partial charge in [-0.1, -0.05) is 25.1 Å². The number of carbonyl (C=O) groups excluding carboxylic acids is 1. The lowest BCUT2D eigenvalue weighted by Crippen LogP contribution is -2.58. The molecule has 4 bridgehead atoms. The van der Waals surface area contributed by atoms with Crippen LogP contribution in [0.1, 0.15) is 25.3 Å². The van der Waals surface area contributed by atoms with E-state index >= 15 is 0 Å². The molecule has 2 saturated heterocycles. The van der Waals surface area contributed by atoms with Crippen molar-refractivity contribution in [2.45, 2.75) is 43.4 Å². The smallest absolute Gasteiger partial charge is 0.264 e. The maximum atomic E-state index is 13.4. The summed E-state index contributed by atoms with van der Waals surface area (Å²) in [6.07, 6.45) is 0.113. The number of aliphatic hydroxyl groups is 1. The van der Waals surface area contributed by atoms with Gasteiger partial charge in [0, 0.05) is 17.5 Å². The van der Waals surface area contributed by atoms with Crippen molar-refractivity contribution >= 4 is 17.3 Å². The predicted octanol–water partition coefficient (Wildman–Crippen LogP) is 1.46. The highest BCUT2D eigenvalue weighted by molar-refractivity contribution is 6.07. The Morgan fingerprint density at radius 1 is 1.44 bits per heavy atom. The van der Waals surface area contributed by atoms with E-state index in [9.17, 15) is 9.90 Å². The molecule has 1 aromatic carbocycles. The number of hydrogen-bond donors (Lipinski definition) is 1. The van der Waals surface area contributed by atoms with E-state index in [1.807, 2.05) is 24.3 Å². The Kier molecular flexibility index (Phi) is 3.18. The van der Waals surface area contributed by atoms with Crippen molar-refractivity contribution in [3.63, 3.8) is 0 Å². The molecule has 1 aromatic rings. The highest BCUT2D eigenvalue weighted by Gasteiger charge is 2.67. The minimum Gasteiger partial charge on any atom is -0.390 e. The Morgan fingerprint density at radius 2 is 2.24 bits per heavy atom. The fourth-order valence-corrected chi connectivity index (χ4v) is 5.54. The van der Waals surface area contributed by atoms with E-state index in [4.69, 9.17) is 14.6 Å². The molecule has 5 aliphatic rings. The molecule has 1 aliphatic carbocycles. The number of carbonyl (C=O) groups is 1. The van der Waals surface area contributed by atoms with E-state index in [0.717, 1.165) is 23.4 Å². The topological polar surface area (TPSA) is 71.4 Å². The number of nitrogens with zero attached hydrogens (tertiary/aromatic N) is 2. The molecule has 6 heteroatoms. The Bertz CT molecular complexity index is 778. The third-order valence-electron chi connectivity index (χ3n) is 6.55. The van der Waals surface area contributed by atoms with Crippen LogP contribution in [0, 0.1) is 11.8 Å². The van der Waals surface area contributed by atoms with Gasteiger partial charge in [-0.15, -0.1) is 0 Å². The van der Waals surface area contributed by atoms with E-state index in [1.165, 1.54) is 12.2 Å². The third kappa shape index (κ3) is 1.70. The lowest BCUT2D eigenvalue weighted by Gasteiger charge is -2.42. The van der Waals surface area contributed by atoms with Crippen LogP contribution in [-0.4, -0.2) is 48.7 Å². The summed E-state index contributed by atoms with van der Waals surface area (Å²) in [6, 6.07) is 7.67. The maximum Gasteiger partial charge on any atom is 0.264 e. The molecule has 132 valence electrons. The number of aliphatic hydroxyl groups excluding tert-OH is 1. The summed E-state index contributed by atoms with van der Waals surface area (Å²) in [5.74, 6) is 0.0171. The first-order valence-electron chi connectivity index (χ1n) is 8.98. The summed E-state index contributed by atoms with van der Waals surface area (Å²) in [5, 5.41) is 12.5. The average molecular weight is 342 g/mol. The SMILES string of the molecule is CCC1=N[C@@H]2C[C@@]3(C(=O)N(OC)c4ccccc43)[C@@H]3OC[C@@H]2[C@@H]1[C@H]3O. The number of benzene rings is 1. The first-order valence-corrected chi connectivity index (χ1v) is 8.98. The van der Waals surface area contributed by atoms with Crippen molar-refractivity contribution in [1.29, 1.82) is 0 Å². The quantitative estimate of drug-likeness (QED) is 0.883. The van der Waals surface area contributed by atoms with Crippen LogP contribution in [-0.2, 0) is 19.8 Å². The predicted molar refractivity (Wildman–Crippen MR) is 91.5 cm³/mol. The van der Waals surface area contributed by atoms with Crippen molar-refractivity contribution < 1.29 is 19.5 Å². The Morgan fingerprint density at radius 3 is 3.00 bits per heavy atom. The molecule has 4 aliphatic heterocycles. The summed E-state index contributed by atoms with van der Waals surface area (Å²) in [7, 11) is 1.50. The van der Waals surface area contributed by atoms with Gasteiger partial charge < -0.3 is 9.84 Å². The second kappa shape index (κ2) is 5.13. The average Bonchev–Trinajstić information content (AvgIpc) is 3.00. The van der Waals surface area contributed by atoms with Crippen molar-refractivity contribution in [3.8, 4) is 0 Å². The van der Waals surface area contributed by atoms with Crippen molar-refractivity contribution in [3.05, 3.63) is 29.8 Å². The van der Waals surface area contributed by atoms with Crippen LogP contribution < -0.4 is 5.06 Å². The summed E-state index contributed by atoms with van der Waals surface area (Å²) in [5.41, 5.74) is 1.77. The molecule has 0 aromatic heterocycles. The number of para-hydroxylation sites is 1. The first-order chi connectivity index (χ1) is 12.1. The molecule has 6 rings (SSSR count). The van der Waals surface area contributed by atoms with Crippen LogP contribution in [0.2, 0.25) is 0 Å². The number of hydrogen-bond acceptors (Lipinski definition) is 5. The monoisotopic (exact) mass is 342 g/mol. The summed E-state index contributed by atoms with van der Waals surface area (Å²) in [4.78, 5) is 23.7. The minimum absolute atomic E-state index is 0.00434. The fraction of sp³-hybridized carbons (Fsp3) is 0.579. The zero-order chi connectivity index (χ0) is 17.3. The van der Waals surface area contributed by atoms with E-state index < -0.39 is 17.6 Å². The lowest BCUT2D eigenvalue weighted by molar-refractivity contribution is -0.152. The molecule has 0 unspecified atom stereocenters. The van der Waals surface area contributed by atoms with E-state index in [1.54, 1.807) is 0 Å². The van der Waals surface area contributed by atoms with Crippen molar-refractivity contribution in [2.24, 2.45) is 16.8 Å².